The largest absolute Gasteiger partial charge is 0.371 e. The molecule has 2 aromatic rings. The zero-order valence-electron chi connectivity index (χ0n) is 17.0. The highest BCUT2D eigenvalue weighted by atomic mass is 16.2. The van der Waals surface area contributed by atoms with Gasteiger partial charge < -0.3 is 20.1 Å². The van der Waals surface area contributed by atoms with E-state index in [-0.39, 0.29) is 6.03 Å². The first kappa shape index (κ1) is 20.1. The lowest BCUT2D eigenvalue weighted by Gasteiger charge is -2.38. The van der Waals surface area contributed by atoms with Crippen LogP contribution in [0.3, 0.4) is 0 Å². The standard InChI is InChI=1S/C22H29BN4O/c1-15-10-16(2)14-27(13-15)17(3)20-11-18(23)7-8-21(20)25-22(28)24-12-19-6-5-9-26(19)4/h5-9,11,15-16H,3,10,12-14H2,1-2,4H3,(H2,24,25,28)/t15-,16+. The number of piperidine rings is 1. The van der Waals surface area contributed by atoms with Crippen molar-refractivity contribution in [3.63, 3.8) is 0 Å². The summed E-state index contributed by atoms with van der Waals surface area (Å²) in [7, 11) is 7.98. The van der Waals surface area contributed by atoms with Crippen LogP contribution >= 0.6 is 0 Å². The molecule has 1 aliphatic rings. The summed E-state index contributed by atoms with van der Waals surface area (Å²) in [5, 5.41) is 5.86. The fourth-order valence-corrected chi connectivity index (χ4v) is 3.98. The van der Waals surface area contributed by atoms with Crippen LogP contribution in [0.15, 0.2) is 43.1 Å². The molecule has 6 heteroatoms. The average molecular weight is 376 g/mol. The third-order valence-electron chi connectivity index (χ3n) is 5.33. The number of likely N-dealkylation sites (tertiary alicyclic amines) is 1. The Hall–Kier alpha value is -2.63. The van der Waals surface area contributed by atoms with Gasteiger partial charge in [0.1, 0.15) is 7.85 Å². The number of carbonyl (C=O) groups excluding carboxylic acids is 1. The van der Waals surface area contributed by atoms with E-state index in [9.17, 15) is 4.79 Å². The molecular formula is C22H29BN4O. The molecule has 2 N–H and O–H groups in total. The number of hydrogen-bond donors (Lipinski definition) is 2. The van der Waals surface area contributed by atoms with Crippen LogP contribution in [0.2, 0.25) is 0 Å². The maximum Gasteiger partial charge on any atom is 0.319 e. The third kappa shape index (κ3) is 4.80. The number of hydrogen-bond acceptors (Lipinski definition) is 2. The van der Waals surface area contributed by atoms with Gasteiger partial charge in [-0.05, 0) is 36.5 Å². The Bertz CT molecular complexity index is 850. The second-order valence-corrected chi connectivity index (χ2v) is 8.02. The highest BCUT2D eigenvalue weighted by Crippen LogP contribution is 2.30. The molecule has 1 aromatic carbocycles. The zero-order valence-corrected chi connectivity index (χ0v) is 17.0. The van der Waals surface area contributed by atoms with Crippen molar-refractivity contribution in [2.24, 2.45) is 18.9 Å². The number of benzene rings is 1. The SMILES string of the molecule is [B]c1ccc(NC(=O)NCc2cccn2C)c(C(=C)N2C[C@H](C)C[C@H](C)C2)c1. The van der Waals surface area contributed by atoms with Crippen molar-refractivity contribution in [3.8, 4) is 0 Å². The quantitative estimate of drug-likeness (QED) is 0.788. The van der Waals surface area contributed by atoms with Gasteiger partial charge in [-0.3, -0.25) is 0 Å². The van der Waals surface area contributed by atoms with E-state index in [1.165, 1.54) is 6.42 Å². The van der Waals surface area contributed by atoms with Crippen LogP contribution in [0.25, 0.3) is 5.70 Å². The summed E-state index contributed by atoms with van der Waals surface area (Å²) in [5.74, 6) is 1.23. The van der Waals surface area contributed by atoms with Crippen molar-refractivity contribution < 1.29 is 4.79 Å². The number of nitrogens with one attached hydrogen (secondary N) is 2. The van der Waals surface area contributed by atoms with E-state index >= 15 is 0 Å². The molecule has 2 radical (unpaired) electrons. The number of aryl methyl sites for hydroxylation is 1. The maximum atomic E-state index is 12.5. The van der Waals surface area contributed by atoms with E-state index in [0.29, 0.717) is 23.8 Å². The van der Waals surface area contributed by atoms with Gasteiger partial charge in [0.05, 0.1) is 12.2 Å². The van der Waals surface area contributed by atoms with Gasteiger partial charge in [0.2, 0.25) is 0 Å². The van der Waals surface area contributed by atoms with Crippen molar-refractivity contribution in [2.75, 3.05) is 18.4 Å². The lowest BCUT2D eigenvalue weighted by Crippen LogP contribution is -2.37. The maximum absolute atomic E-state index is 12.5. The lowest BCUT2D eigenvalue weighted by molar-refractivity contribution is 0.204. The molecule has 2 amide bonds. The smallest absolute Gasteiger partial charge is 0.319 e. The number of urea groups is 1. The van der Waals surface area contributed by atoms with Crippen molar-refractivity contribution >= 4 is 30.7 Å². The van der Waals surface area contributed by atoms with Crippen LogP contribution in [0.4, 0.5) is 10.5 Å². The summed E-state index contributed by atoms with van der Waals surface area (Å²) in [6.45, 7) is 11.3. The topological polar surface area (TPSA) is 49.3 Å². The van der Waals surface area contributed by atoms with Gasteiger partial charge >= 0.3 is 6.03 Å². The number of carbonyl (C=O) groups is 1. The van der Waals surface area contributed by atoms with Crippen LogP contribution < -0.4 is 16.1 Å². The number of anilines is 1. The molecule has 5 nitrogen and oxygen atoms in total. The minimum absolute atomic E-state index is 0.250. The third-order valence-corrected chi connectivity index (χ3v) is 5.33. The van der Waals surface area contributed by atoms with E-state index in [4.69, 9.17) is 7.85 Å². The summed E-state index contributed by atoms with van der Waals surface area (Å²) in [6, 6.07) is 9.21. The summed E-state index contributed by atoms with van der Waals surface area (Å²) in [6.07, 6.45) is 3.19. The first-order valence-electron chi connectivity index (χ1n) is 9.82. The van der Waals surface area contributed by atoms with Crippen molar-refractivity contribution in [2.45, 2.75) is 26.8 Å². The Labute approximate surface area is 169 Å². The average Bonchev–Trinajstić information content (AvgIpc) is 3.05. The Morgan fingerprint density at radius 1 is 1.25 bits per heavy atom. The van der Waals surface area contributed by atoms with Crippen LogP contribution in [0.5, 0.6) is 0 Å². The molecule has 0 saturated carbocycles. The molecule has 2 atom stereocenters. The second-order valence-electron chi connectivity index (χ2n) is 8.02. The molecule has 1 aromatic heterocycles. The molecule has 1 saturated heterocycles. The molecule has 0 unspecified atom stereocenters. The van der Waals surface area contributed by atoms with E-state index in [2.05, 4.69) is 36.0 Å². The number of aromatic nitrogens is 1. The molecule has 1 fully saturated rings. The van der Waals surface area contributed by atoms with E-state index in [1.807, 2.05) is 42.1 Å². The summed E-state index contributed by atoms with van der Waals surface area (Å²) in [5.41, 5.74) is 4.19. The van der Waals surface area contributed by atoms with Crippen LogP contribution in [0, 0.1) is 11.8 Å². The minimum Gasteiger partial charge on any atom is -0.371 e. The Morgan fingerprint density at radius 2 is 1.96 bits per heavy atom. The normalized spacial score (nSPS) is 19.3. The van der Waals surface area contributed by atoms with Crippen LogP contribution in [0.1, 0.15) is 31.5 Å². The van der Waals surface area contributed by atoms with E-state index in [1.54, 1.807) is 6.07 Å². The van der Waals surface area contributed by atoms with Crippen molar-refractivity contribution in [3.05, 3.63) is 54.4 Å². The Morgan fingerprint density at radius 3 is 2.61 bits per heavy atom. The predicted molar refractivity (Wildman–Crippen MR) is 117 cm³/mol. The predicted octanol–water partition coefficient (Wildman–Crippen LogP) is 3.09. The molecule has 0 bridgehead atoms. The lowest BCUT2D eigenvalue weighted by atomic mass is 9.89. The molecule has 0 aliphatic carbocycles. The molecule has 146 valence electrons. The molecule has 1 aliphatic heterocycles. The van der Waals surface area contributed by atoms with E-state index < -0.39 is 0 Å². The van der Waals surface area contributed by atoms with Gasteiger partial charge in [0.25, 0.3) is 0 Å². The highest BCUT2D eigenvalue weighted by Gasteiger charge is 2.24. The molecule has 0 spiro atoms. The monoisotopic (exact) mass is 376 g/mol. The highest BCUT2D eigenvalue weighted by molar-refractivity contribution is 6.32. The van der Waals surface area contributed by atoms with Crippen LogP contribution in [-0.4, -0.2) is 36.4 Å². The van der Waals surface area contributed by atoms with Gasteiger partial charge in [0, 0.05) is 43.3 Å². The molecule has 3 rings (SSSR count). The summed E-state index contributed by atoms with van der Waals surface area (Å²) < 4.78 is 1.98. The molecular weight excluding hydrogens is 347 g/mol. The summed E-state index contributed by atoms with van der Waals surface area (Å²) >= 11 is 0. The first-order valence-corrected chi connectivity index (χ1v) is 9.82. The molecule has 28 heavy (non-hydrogen) atoms. The number of rotatable bonds is 5. The first-order chi connectivity index (χ1) is 13.3. The Balaban J connectivity index is 1.72. The van der Waals surface area contributed by atoms with Gasteiger partial charge in [-0.25, -0.2) is 4.79 Å². The fraction of sp³-hybridized carbons (Fsp3) is 0.409. The van der Waals surface area contributed by atoms with Crippen molar-refractivity contribution in [1.82, 2.24) is 14.8 Å². The zero-order chi connectivity index (χ0) is 20.3. The number of nitrogens with zero attached hydrogens (tertiary/aromatic N) is 2. The minimum atomic E-state index is -0.250. The molecule has 2 heterocycles. The second kappa shape index (κ2) is 8.59. The van der Waals surface area contributed by atoms with Gasteiger partial charge in [0.15, 0.2) is 0 Å². The van der Waals surface area contributed by atoms with Crippen LogP contribution in [-0.2, 0) is 13.6 Å². The van der Waals surface area contributed by atoms with Crippen molar-refractivity contribution in [1.29, 1.82) is 0 Å². The fourth-order valence-electron chi connectivity index (χ4n) is 3.98. The van der Waals surface area contributed by atoms with Gasteiger partial charge in [-0.1, -0.05) is 38.0 Å². The number of amides is 2. The Kier molecular flexibility index (Phi) is 6.17. The van der Waals surface area contributed by atoms with E-state index in [0.717, 1.165) is 35.7 Å². The van der Waals surface area contributed by atoms with Gasteiger partial charge in [-0.2, -0.15) is 0 Å². The summed E-state index contributed by atoms with van der Waals surface area (Å²) in [4.78, 5) is 14.8. The van der Waals surface area contributed by atoms with Gasteiger partial charge in [-0.15, -0.1) is 0 Å².